The molecule has 7 nitrogen and oxygen atoms in total. The Morgan fingerprint density at radius 2 is 1.81 bits per heavy atom. The van der Waals surface area contributed by atoms with Gasteiger partial charge in [0.15, 0.2) is 6.29 Å². The normalized spacial score (nSPS) is 14.1. The Kier molecular flexibility index (Phi) is 5.93. The van der Waals surface area contributed by atoms with E-state index < -0.39 is 5.91 Å². The predicted octanol–water partition coefficient (Wildman–Crippen LogP) is 4.04. The molecular weight excluding hydrogens is 392 g/mol. The monoisotopic (exact) mass is 416 g/mol. The Labute approximate surface area is 180 Å². The first kappa shape index (κ1) is 20.5. The van der Waals surface area contributed by atoms with E-state index in [9.17, 15) is 9.59 Å². The average molecular weight is 416 g/mol. The SMILES string of the molecule is CNC(=O)/C(C=O)=C/c1ccc(C2CCC2)c(-c2nnc(-c3ccccc3)o2)c1NC. The Morgan fingerprint density at radius 3 is 2.42 bits per heavy atom. The van der Waals surface area contributed by atoms with Gasteiger partial charge >= 0.3 is 0 Å². The molecule has 158 valence electrons. The number of aldehydes is 1. The maximum absolute atomic E-state index is 12.0. The molecule has 0 radical (unpaired) electrons. The highest BCUT2D eigenvalue weighted by Crippen LogP contribution is 2.45. The van der Waals surface area contributed by atoms with Crippen LogP contribution in [0, 0.1) is 0 Å². The summed E-state index contributed by atoms with van der Waals surface area (Å²) < 4.78 is 6.08. The Morgan fingerprint density at radius 1 is 1.06 bits per heavy atom. The molecule has 4 rings (SSSR count). The van der Waals surface area contributed by atoms with Crippen LogP contribution in [0.3, 0.4) is 0 Å². The molecule has 1 fully saturated rings. The van der Waals surface area contributed by atoms with Crippen molar-refractivity contribution in [1.29, 1.82) is 0 Å². The van der Waals surface area contributed by atoms with Gasteiger partial charge in [-0.15, -0.1) is 10.2 Å². The molecule has 1 heterocycles. The predicted molar refractivity (Wildman–Crippen MR) is 119 cm³/mol. The summed E-state index contributed by atoms with van der Waals surface area (Å²) in [6.45, 7) is 0. The Balaban J connectivity index is 1.87. The molecule has 1 aliphatic rings. The molecule has 0 unspecified atom stereocenters. The van der Waals surface area contributed by atoms with Crippen LogP contribution in [0.2, 0.25) is 0 Å². The smallest absolute Gasteiger partial charge is 0.254 e. The van der Waals surface area contributed by atoms with E-state index in [1.807, 2.05) is 42.5 Å². The van der Waals surface area contributed by atoms with Crippen molar-refractivity contribution in [2.75, 3.05) is 19.4 Å². The summed E-state index contributed by atoms with van der Waals surface area (Å²) in [4.78, 5) is 23.5. The fourth-order valence-electron chi connectivity index (χ4n) is 3.80. The zero-order valence-electron chi connectivity index (χ0n) is 17.5. The van der Waals surface area contributed by atoms with Gasteiger partial charge in [-0.1, -0.05) is 36.8 Å². The fraction of sp³-hybridized carbons (Fsp3) is 0.250. The van der Waals surface area contributed by atoms with E-state index in [2.05, 4.69) is 20.8 Å². The molecule has 0 aliphatic heterocycles. The summed E-state index contributed by atoms with van der Waals surface area (Å²) in [6.07, 6.45) is 5.51. The molecule has 1 aliphatic carbocycles. The van der Waals surface area contributed by atoms with Gasteiger partial charge in [0, 0.05) is 19.7 Å². The largest absolute Gasteiger partial charge is 0.416 e. The molecule has 2 aromatic carbocycles. The van der Waals surface area contributed by atoms with Gasteiger partial charge in [-0.3, -0.25) is 9.59 Å². The van der Waals surface area contributed by atoms with Gasteiger partial charge in [0.2, 0.25) is 5.89 Å². The summed E-state index contributed by atoms with van der Waals surface area (Å²) in [7, 11) is 3.29. The second-order valence-corrected chi connectivity index (χ2v) is 7.45. The molecule has 3 aromatic rings. The number of nitrogens with one attached hydrogen (secondary N) is 2. The number of hydrogen-bond donors (Lipinski definition) is 2. The van der Waals surface area contributed by atoms with Crippen LogP contribution in [0.1, 0.15) is 36.3 Å². The molecule has 1 saturated carbocycles. The van der Waals surface area contributed by atoms with Crippen LogP contribution in [0.25, 0.3) is 29.0 Å². The van der Waals surface area contributed by atoms with Crippen molar-refractivity contribution >= 4 is 24.0 Å². The summed E-state index contributed by atoms with van der Waals surface area (Å²) in [5.41, 5.74) is 4.27. The van der Waals surface area contributed by atoms with E-state index in [0.29, 0.717) is 29.5 Å². The number of aromatic nitrogens is 2. The van der Waals surface area contributed by atoms with Crippen molar-refractivity contribution < 1.29 is 14.0 Å². The number of nitrogens with zero attached hydrogens (tertiary/aromatic N) is 2. The average Bonchev–Trinajstić information content (AvgIpc) is 3.26. The van der Waals surface area contributed by atoms with Crippen molar-refractivity contribution in [2.24, 2.45) is 0 Å². The van der Waals surface area contributed by atoms with E-state index in [-0.39, 0.29) is 5.57 Å². The van der Waals surface area contributed by atoms with Crippen LogP contribution in [0.4, 0.5) is 5.69 Å². The summed E-state index contributed by atoms with van der Waals surface area (Å²) in [5.74, 6) is 0.826. The lowest BCUT2D eigenvalue weighted by Gasteiger charge is -2.28. The van der Waals surface area contributed by atoms with Crippen molar-refractivity contribution in [3.63, 3.8) is 0 Å². The van der Waals surface area contributed by atoms with Crippen LogP contribution < -0.4 is 10.6 Å². The van der Waals surface area contributed by atoms with E-state index in [1.54, 1.807) is 13.1 Å². The van der Waals surface area contributed by atoms with Gasteiger partial charge in [0.05, 0.1) is 16.8 Å². The summed E-state index contributed by atoms with van der Waals surface area (Å²) in [5, 5.41) is 14.3. The molecule has 1 amide bonds. The molecule has 31 heavy (non-hydrogen) atoms. The number of carbonyl (C=O) groups excluding carboxylic acids is 2. The minimum Gasteiger partial charge on any atom is -0.416 e. The quantitative estimate of drug-likeness (QED) is 0.261. The van der Waals surface area contributed by atoms with E-state index in [4.69, 9.17) is 4.42 Å². The standard InChI is InChI=1S/C24H24N4O3/c1-25-21-17(13-18(14-29)22(30)26-2)11-12-19(15-9-6-10-15)20(21)24-28-27-23(31-24)16-7-4-3-5-8-16/h3-5,7-8,11-15,25H,6,9-10H2,1-2H3,(H,26,30)/b18-13+. The lowest BCUT2D eigenvalue weighted by Crippen LogP contribution is -2.20. The Bertz CT molecular complexity index is 1130. The third-order valence-corrected chi connectivity index (χ3v) is 5.65. The molecule has 2 N–H and O–H groups in total. The lowest BCUT2D eigenvalue weighted by molar-refractivity contribution is -0.118. The van der Waals surface area contributed by atoms with Gasteiger partial charge in [0.25, 0.3) is 11.8 Å². The maximum atomic E-state index is 12.0. The van der Waals surface area contributed by atoms with Gasteiger partial charge in [-0.2, -0.15) is 0 Å². The van der Waals surface area contributed by atoms with Crippen LogP contribution >= 0.6 is 0 Å². The van der Waals surface area contributed by atoms with Crippen LogP contribution in [-0.2, 0) is 9.59 Å². The third-order valence-electron chi connectivity index (χ3n) is 5.65. The number of likely N-dealkylation sites (N-methyl/N-ethyl adjacent to an activating group) is 1. The van der Waals surface area contributed by atoms with Gasteiger partial charge in [0.1, 0.15) is 0 Å². The highest BCUT2D eigenvalue weighted by atomic mass is 16.4. The van der Waals surface area contributed by atoms with E-state index in [1.165, 1.54) is 13.5 Å². The number of benzene rings is 2. The van der Waals surface area contributed by atoms with Crippen molar-refractivity contribution in [2.45, 2.75) is 25.2 Å². The number of anilines is 1. The van der Waals surface area contributed by atoms with E-state index >= 15 is 0 Å². The number of hydrogen-bond acceptors (Lipinski definition) is 6. The Hall–Kier alpha value is -3.74. The number of amides is 1. The maximum Gasteiger partial charge on any atom is 0.254 e. The highest BCUT2D eigenvalue weighted by molar-refractivity contribution is 6.14. The molecule has 0 atom stereocenters. The number of rotatable bonds is 7. The lowest BCUT2D eigenvalue weighted by atomic mass is 9.77. The van der Waals surface area contributed by atoms with Gasteiger partial charge in [-0.25, -0.2) is 0 Å². The van der Waals surface area contributed by atoms with Crippen LogP contribution in [0.15, 0.2) is 52.5 Å². The van der Waals surface area contributed by atoms with Crippen LogP contribution in [-0.4, -0.2) is 36.5 Å². The first-order valence-electron chi connectivity index (χ1n) is 10.3. The minimum atomic E-state index is -0.439. The van der Waals surface area contributed by atoms with E-state index in [0.717, 1.165) is 35.2 Å². The fourth-order valence-corrected chi connectivity index (χ4v) is 3.80. The molecule has 0 spiro atoms. The third kappa shape index (κ3) is 3.99. The molecule has 7 heteroatoms. The summed E-state index contributed by atoms with van der Waals surface area (Å²) in [6, 6.07) is 13.6. The molecule has 0 bridgehead atoms. The summed E-state index contributed by atoms with van der Waals surface area (Å²) >= 11 is 0. The van der Waals surface area contributed by atoms with Crippen molar-refractivity contribution in [3.8, 4) is 22.9 Å². The molecule has 0 saturated heterocycles. The van der Waals surface area contributed by atoms with Crippen LogP contribution in [0.5, 0.6) is 0 Å². The van der Waals surface area contributed by atoms with Gasteiger partial charge in [-0.05, 0) is 48.1 Å². The zero-order chi connectivity index (χ0) is 21.8. The van der Waals surface area contributed by atoms with Gasteiger partial charge < -0.3 is 15.1 Å². The molecule has 1 aromatic heterocycles. The first-order valence-corrected chi connectivity index (χ1v) is 10.3. The highest BCUT2D eigenvalue weighted by Gasteiger charge is 2.28. The first-order chi connectivity index (χ1) is 15.2. The second kappa shape index (κ2) is 8.95. The second-order valence-electron chi connectivity index (χ2n) is 7.45. The topological polar surface area (TPSA) is 97.1 Å². The van der Waals surface area contributed by atoms with Crippen molar-refractivity contribution in [1.82, 2.24) is 15.5 Å². The number of carbonyl (C=O) groups is 2. The minimum absolute atomic E-state index is 0.0387. The van der Waals surface area contributed by atoms with Crippen molar-refractivity contribution in [3.05, 3.63) is 59.2 Å². The molecular formula is C24H24N4O3. The zero-order valence-corrected chi connectivity index (χ0v) is 17.5.